The lowest BCUT2D eigenvalue weighted by molar-refractivity contribution is 0.0330. The molecule has 0 bridgehead atoms. The van der Waals surface area contributed by atoms with Crippen LogP contribution in [-0.4, -0.2) is 54.7 Å². The van der Waals surface area contributed by atoms with Gasteiger partial charge in [-0.1, -0.05) is 6.07 Å². The molecule has 1 spiro atoms. The Morgan fingerprint density at radius 1 is 1.15 bits per heavy atom. The van der Waals surface area contributed by atoms with Crippen molar-refractivity contribution in [1.82, 2.24) is 14.8 Å². The second-order valence-corrected chi connectivity index (χ2v) is 8.29. The van der Waals surface area contributed by atoms with Crippen LogP contribution in [0.25, 0.3) is 0 Å². The Morgan fingerprint density at radius 2 is 2.00 bits per heavy atom. The largest absolute Gasteiger partial charge is 0.465 e. The van der Waals surface area contributed by atoms with Crippen LogP contribution in [0.3, 0.4) is 0 Å². The molecule has 0 saturated carbocycles. The molecular weight excluding hydrogens is 338 g/mol. The third kappa shape index (κ3) is 4.26. The average Bonchev–Trinajstić information content (AvgIpc) is 3.22. The van der Waals surface area contributed by atoms with E-state index in [1.165, 1.54) is 12.8 Å². The van der Waals surface area contributed by atoms with Crippen molar-refractivity contribution in [1.29, 1.82) is 0 Å². The standard InChI is InChI=1S/C22H31N3O2/c1-18-6-7-21(27-18)15-24-11-8-22(9-12-24)17-25(13-19(22)16-26-2)14-20-5-3-4-10-23-20/h3-7,10,19H,8-9,11-17H2,1-2H3/t19-/m1/s1. The molecule has 2 fully saturated rings. The van der Waals surface area contributed by atoms with Crippen LogP contribution < -0.4 is 0 Å². The third-order valence-electron chi connectivity index (χ3n) is 6.39. The van der Waals surface area contributed by atoms with E-state index in [9.17, 15) is 0 Å². The molecular formula is C22H31N3O2. The van der Waals surface area contributed by atoms with Gasteiger partial charge < -0.3 is 9.15 Å². The topological polar surface area (TPSA) is 41.7 Å². The first-order chi connectivity index (χ1) is 13.2. The molecule has 2 aliphatic heterocycles. The molecule has 4 rings (SSSR count). The summed E-state index contributed by atoms with van der Waals surface area (Å²) in [6.07, 6.45) is 4.36. The van der Waals surface area contributed by atoms with Crippen molar-refractivity contribution in [3.8, 4) is 0 Å². The van der Waals surface area contributed by atoms with Gasteiger partial charge in [-0.25, -0.2) is 0 Å². The number of aromatic nitrogens is 1. The molecule has 4 heterocycles. The molecule has 5 heteroatoms. The molecule has 5 nitrogen and oxygen atoms in total. The Hall–Kier alpha value is -1.69. The molecule has 1 atom stereocenters. The van der Waals surface area contributed by atoms with Gasteiger partial charge in [0.2, 0.25) is 0 Å². The zero-order chi connectivity index (χ0) is 18.7. The van der Waals surface area contributed by atoms with Gasteiger partial charge in [0.1, 0.15) is 11.5 Å². The van der Waals surface area contributed by atoms with E-state index in [-0.39, 0.29) is 0 Å². The highest BCUT2D eigenvalue weighted by Crippen LogP contribution is 2.45. The average molecular weight is 370 g/mol. The summed E-state index contributed by atoms with van der Waals surface area (Å²) in [5, 5.41) is 0. The van der Waals surface area contributed by atoms with E-state index in [4.69, 9.17) is 9.15 Å². The van der Waals surface area contributed by atoms with Gasteiger partial charge in [0.25, 0.3) is 0 Å². The van der Waals surface area contributed by atoms with E-state index in [2.05, 4.69) is 39.0 Å². The van der Waals surface area contributed by atoms with Crippen molar-refractivity contribution in [3.63, 3.8) is 0 Å². The first-order valence-electron chi connectivity index (χ1n) is 10.1. The predicted molar refractivity (Wildman–Crippen MR) is 105 cm³/mol. The molecule has 0 aromatic carbocycles. The van der Waals surface area contributed by atoms with E-state index in [0.717, 1.165) is 63.1 Å². The summed E-state index contributed by atoms with van der Waals surface area (Å²) in [7, 11) is 1.84. The van der Waals surface area contributed by atoms with E-state index in [1.54, 1.807) is 0 Å². The smallest absolute Gasteiger partial charge is 0.118 e. The molecule has 146 valence electrons. The number of methoxy groups -OCH3 is 1. The van der Waals surface area contributed by atoms with Crippen LogP contribution in [0.5, 0.6) is 0 Å². The van der Waals surface area contributed by atoms with Crippen molar-refractivity contribution < 1.29 is 9.15 Å². The Labute approximate surface area is 162 Å². The second-order valence-electron chi connectivity index (χ2n) is 8.29. The third-order valence-corrected chi connectivity index (χ3v) is 6.39. The van der Waals surface area contributed by atoms with Gasteiger partial charge in [-0.3, -0.25) is 14.8 Å². The maximum absolute atomic E-state index is 5.77. The number of hydrogen-bond acceptors (Lipinski definition) is 5. The van der Waals surface area contributed by atoms with Crippen LogP contribution in [-0.2, 0) is 17.8 Å². The number of pyridine rings is 1. The maximum atomic E-state index is 5.77. The first-order valence-corrected chi connectivity index (χ1v) is 10.1. The first kappa shape index (κ1) is 18.7. The summed E-state index contributed by atoms with van der Waals surface area (Å²) < 4.78 is 11.4. The van der Waals surface area contributed by atoms with E-state index in [0.29, 0.717) is 11.3 Å². The van der Waals surface area contributed by atoms with Crippen LogP contribution >= 0.6 is 0 Å². The van der Waals surface area contributed by atoms with Crippen LogP contribution in [0.4, 0.5) is 0 Å². The Kier molecular flexibility index (Phi) is 5.62. The minimum atomic E-state index is 0.375. The van der Waals surface area contributed by atoms with Gasteiger partial charge >= 0.3 is 0 Å². The number of piperidine rings is 1. The van der Waals surface area contributed by atoms with Crippen molar-refractivity contribution in [2.75, 3.05) is 39.9 Å². The molecule has 0 aliphatic carbocycles. The Morgan fingerprint density at radius 3 is 2.67 bits per heavy atom. The van der Waals surface area contributed by atoms with Crippen LogP contribution in [0, 0.1) is 18.3 Å². The highest BCUT2D eigenvalue weighted by molar-refractivity contribution is 5.08. The zero-order valence-electron chi connectivity index (χ0n) is 16.6. The Bertz CT molecular complexity index is 722. The number of rotatable bonds is 6. The van der Waals surface area contributed by atoms with Gasteiger partial charge in [0.05, 0.1) is 18.8 Å². The highest BCUT2D eigenvalue weighted by Gasteiger charge is 2.47. The molecule has 2 aromatic heterocycles. The van der Waals surface area contributed by atoms with Gasteiger partial charge in [-0.2, -0.15) is 0 Å². The lowest BCUT2D eigenvalue weighted by Gasteiger charge is -2.42. The second kappa shape index (κ2) is 8.13. The fraction of sp³-hybridized carbons (Fsp3) is 0.591. The number of aryl methyl sites for hydroxylation is 1. The molecule has 0 radical (unpaired) electrons. The minimum absolute atomic E-state index is 0.375. The molecule has 0 amide bonds. The fourth-order valence-electron chi connectivity index (χ4n) is 4.93. The molecule has 2 saturated heterocycles. The molecule has 0 unspecified atom stereocenters. The van der Waals surface area contributed by atoms with Gasteiger partial charge in [-0.05, 0) is 62.5 Å². The lowest BCUT2D eigenvalue weighted by Crippen LogP contribution is -2.44. The maximum Gasteiger partial charge on any atom is 0.118 e. The number of furan rings is 1. The van der Waals surface area contributed by atoms with Gasteiger partial charge in [0.15, 0.2) is 0 Å². The summed E-state index contributed by atoms with van der Waals surface area (Å²) in [5.74, 6) is 2.69. The number of likely N-dealkylation sites (tertiary alicyclic amines) is 2. The SMILES string of the molecule is COC[C@H]1CN(Cc2ccccn2)CC12CCN(Cc1ccc(C)o1)CC2. The monoisotopic (exact) mass is 369 g/mol. The van der Waals surface area contributed by atoms with Crippen molar-refractivity contribution in [2.24, 2.45) is 11.3 Å². The minimum Gasteiger partial charge on any atom is -0.465 e. The summed E-state index contributed by atoms with van der Waals surface area (Å²) in [6, 6.07) is 10.4. The van der Waals surface area contributed by atoms with E-state index in [1.807, 2.05) is 26.3 Å². The van der Waals surface area contributed by atoms with Crippen molar-refractivity contribution in [3.05, 3.63) is 53.7 Å². The molecule has 27 heavy (non-hydrogen) atoms. The van der Waals surface area contributed by atoms with Crippen molar-refractivity contribution >= 4 is 0 Å². The van der Waals surface area contributed by atoms with Crippen LogP contribution in [0.1, 0.15) is 30.1 Å². The number of ether oxygens (including phenoxy) is 1. The molecule has 2 aliphatic rings. The summed E-state index contributed by atoms with van der Waals surface area (Å²) >= 11 is 0. The van der Waals surface area contributed by atoms with Crippen LogP contribution in [0.2, 0.25) is 0 Å². The van der Waals surface area contributed by atoms with Crippen molar-refractivity contribution in [2.45, 2.75) is 32.9 Å². The molecule has 0 N–H and O–H groups in total. The molecule has 2 aromatic rings. The van der Waals surface area contributed by atoms with Gasteiger partial charge in [-0.15, -0.1) is 0 Å². The predicted octanol–water partition coefficient (Wildman–Crippen LogP) is 3.34. The summed E-state index contributed by atoms with van der Waals surface area (Å²) in [5.41, 5.74) is 1.54. The van der Waals surface area contributed by atoms with Crippen LogP contribution in [0.15, 0.2) is 40.9 Å². The normalized spacial score (nSPS) is 23.3. The summed E-state index contributed by atoms with van der Waals surface area (Å²) in [4.78, 5) is 9.63. The van der Waals surface area contributed by atoms with E-state index < -0.39 is 0 Å². The quantitative estimate of drug-likeness (QED) is 0.781. The zero-order valence-corrected chi connectivity index (χ0v) is 16.6. The highest BCUT2D eigenvalue weighted by atomic mass is 16.5. The van der Waals surface area contributed by atoms with E-state index >= 15 is 0 Å². The lowest BCUT2D eigenvalue weighted by atomic mass is 9.71. The number of nitrogens with zero attached hydrogens (tertiary/aromatic N) is 3. The Balaban J connectivity index is 1.38. The summed E-state index contributed by atoms with van der Waals surface area (Å²) in [6.45, 7) is 9.28. The fourth-order valence-corrected chi connectivity index (χ4v) is 4.93. The number of hydrogen-bond donors (Lipinski definition) is 0. The van der Waals surface area contributed by atoms with Gasteiger partial charge in [0, 0.05) is 38.9 Å².